The summed E-state index contributed by atoms with van der Waals surface area (Å²) in [6.45, 7) is 4.12. The fourth-order valence-corrected chi connectivity index (χ4v) is 2.71. The van der Waals surface area contributed by atoms with Gasteiger partial charge in [-0.2, -0.15) is 0 Å². The molecular formula is C15H22Cl2N2O. The molecule has 112 valence electrons. The molecule has 3 nitrogen and oxygen atoms in total. The first-order valence-corrected chi connectivity index (χ1v) is 7.29. The van der Waals surface area contributed by atoms with Crippen LogP contribution in [0.1, 0.15) is 31.2 Å². The fraction of sp³-hybridized carbons (Fsp3) is 0.533. The molecular weight excluding hydrogens is 295 g/mol. The minimum absolute atomic E-state index is 0. The Labute approximate surface area is 131 Å². The molecule has 0 unspecified atom stereocenters. The number of hydrogen-bond acceptors (Lipinski definition) is 2. The molecule has 5 heteroatoms. The number of aryl methyl sites for hydroxylation is 1. The van der Waals surface area contributed by atoms with E-state index in [9.17, 15) is 4.79 Å². The Hall–Kier alpha value is -0.770. The number of benzene rings is 1. The average molecular weight is 317 g/mol. The molecule has 1 aliphatic heterocycles. The fourth-order valence-electron chi connectivity index (χ4n) is 2.49. The standard InChI is InChI=1S/C15H21ClN2O.ClH/c1-11-10-13(16)3-4-14(11)18-15(19)5-2-12-6-8-17-9-7-12;/h3-4,10,12,17H,2,5-9H2,1H3,(H,18,19);1H. The number of piperidine rings is 1. The van der Waals surface area contributed by atoms with Crippen molar-refractivity contribution in [2.45, 2.75) is 32.6 Å². The van der Waals surface area contributed by atoms with Crippen LogP contribution in [0.4, 0.5) is 5.69 Å². The molecule has 0 radical (unpaired) electrons. The van der Waals surface area contributed by atoms with E-state index < -0.39 is 0 Å². The van der Waals surface area contributed by atoms with Gasteiger partial charge in [-0.05, 0) is 69.0 Å². The summed E-state index contributed by atoms with van der Waals surface area (Å²) in [6.07, 6.45) is 3.97. The van der Waals surface area contributed by atoms with Gasteiger partial charge in [0.25, 0.3) is 0 Å². The second kappa shape index (κ2) is 8.50. The highest BCUT2D eigenvalue weighted by Crippen LogP contribution is 2.21. The predicted molar refractivity (Wildman–Crippen MR) is 86.9 cm³/mol. The molecule has 0 saturated carbocycles. The average Bonchev–Trinajstić information content (AvgIpc) is 2.41. The van der Waals surface area contributed by atoms with Crippen LogP contribution in [0.15, 0.2) is 18.2 Å². The van der Waals surface area contributed by atoms with Gasteiger partial charge in [-0.15, -0.1) is 12.4 Å². The lowest BCUT2D eigenvalue weighted by Crippen LogP contribution is -2.28. The monoisotopic (exact) mass is 316 g/mol. The topological polar surface area (TPSA) is 41.1 Å². The number of carbonyl (C=O) groups excluding carboxylic acids is 1. The summed E-state index contributed by atoms with van der Waals surface area (Å²) in [7, 11) is 0. The van der Waals surface area contributed by atoms with Crippen LogP contribution in [0.3, 0.4) is 0 Å². The van der Waals surface area contributed by atoms with Gasteiger partial charge in [-0.1, -0.05) is 11.6 Å². The van der Waals surface area contributed by atoms with Crippen LogP contribution in [0.25, 0.3) is 0 Å². The van der Waals surface area contributed by atoms with Crippen molar-refractivity contribution in [3.63, 3.8) is 0 Å². The quantitative estimate of drug-likeness (QED) is 0.887. The third-order valence-corrected chi connectivity index (χ3v) is 3.94. The van der Waals surface area contributed by atoms with Gasteiger partial charge in [-0.3, -0.25) is 4.79 Å². The van der Waals surface area contributed by atoms with Gasteiger partial charge in [-0.25, -0.2) is 0 Å². The van der Waals surface area contributed by atoms with Crippen LogP contribution >= 0.6 is 24.0 Å². The highest BCUT2D eigenvalue weighted by Gasteiger charge is 2.14. The van der Waals surface area contributed by atoms with Crippen LogP contribution in [-0.4, -0.2) is 19.0 Å². The number of amides is 1. The molecule has 1 amide bonds. The Bertz CT molecular complexity index is 445. The zero-order valence-electron chi connectivity index (χ0n) is 11.7. The smallest absolute Gasteiger partial charge is 0.224 e. The van der Waals surface area contributed by atoms with E-state index >= 15 is 0 Å². The van der Waals surface area contributed by atoms with E-state index in [0.717, 1.165) is 30.8 Å². The summed E-state index contributed by atoms with van der Waals surface area (Å²) in [5.41, 5.74) is 1.86. The SMILES string of the molecule is Cc1cc(Cl)ccc1NC(=O)CCC1CCNCC1.Cl. The van der Waals surface area contributed by atoms with Crippen molar-refractivity contribution in [3.8, 4) is 0 Å². The van der Waals surface area contributed by atoms with E-state index in [1.54, 1.807) is 6.07 Å². The maximum atomic E-state index is 11.9. The van der Waals surface area contributed by atoms with E-state index in [2.05, 4.69) is 10.6 Å². The van der Waals surface area contributed by atoms with Crippen molar-refractivity contribution in [2.75, 3.05) is 18.4 Å². The van der Waals surface area contributed by atoms with Crippen LogP contribution in [0.2, 0.25) is 5.02 Å². The molecule has 20 heavy (non-hydrogen) atoms. The van der Waals surface area contributed by atoms with Crippen molar-refractivity contribution >= 4 is 35.6 Å². The lowest BCUT2D eigenvalue weighted by atomic mass is 9.93. The molecule has 2 rings (SSSR count). The Kier molecular flexibility index (Phi) is 7.35. The van der Waals surface area contributed by atoms with E-state index in [1.807, 2.05) is 19.1 Å². The van der Waals surface area contributed by atoms with Gasteiger partial charge >= 0.3 is 0 Å². The van der Waals surface area contributed by atoms with Gasteiger partial charge < -0.3 is 10.6 Å². The van der Waals surface area contributed by atoms with Gasteiger partial charge in [0.1, 0.15) is 0 Å². The van der Waals surface area contributed by atoms with Crippen molar-refractivity contribution in [1.29, 1.82) is 0 Å². The van der Waals surface area contributed by atoms with Crippen molar-refractivity contribution in [1.82, 2.24) is 5.32 Å². The van der Waals surface area contributed by atoms with Gasteiger partial charge in [0, 0.05) is 17.1 Å². The van der Waals surface area contributed by atoms with Crippen LogP contribution in [-0.2, 0) is 4.79 Å². The zero-order chi connectivity index (χ0) is 13.7. The van der Waals surface area contributed by atoms with Crippen molar-refractivity contribution < 1.29 is 4.79 Å². The normalized spacial score (nSPS) is 15.5. The second-order valence-electron chi connectivity index (χ2n) is 5.24. The molecule has 0 bridgehead atoms. The van der Waals surface area contributed by atoms with E-state index in [-0.39, 0.29) is 18.3 Å². The van der Waals surface area contributed by atoms with Gasteiger partial charge in [0.05, 0.1) is 0 Å². The van der Waals surface area contributed by atoms with Crippen LogP contribution in [0, 0.1) is 12.8 Å². The predicted octanol–water partition coefficient (Wildman–Crippen LogP) is 3.79. The number of nitrogens with one attached hydrogen (secondary N) is 2. The first-order chi connectivity index (χ1) is 9.15. The van der Waals surface area contributed by atoms with Crippen molar-refractivity contribution in [2.24, 2.45) is 5.92 Å². The molecule has 1 fully saturated rings. The minimum Gasteiger partial charge on any atom is -0.326 e. The Morgan fingerprint density at radius 1 is 1.40 bits per heavy atom. The molecule has 2 N–H and O–H groups in total. The van der Waals surface area contributed by atoms with E-state index in [1.165, 1.54) is 12.8 Å². The number of anilines is 1. The summed E-state index contributed by atoms with van der Waals surface area (Å²) >= 11 is 5.90. The molecule has 1 aromatic carbocycles. The number of halogens is 2. The molecule has 0 spiro atoms. The largest absolute Gasteiger partial charge is 0.326 e. The molecule has 1 saturated heterocycles. The lowest BCUT2D eigenvalue weighted by molar-refractivity contribution is -0.116. The first kappa shape index (κ1) is 17.3. The molecule has 0 aliphatic carbocycles. The second-order valence-corrected chi connectivity index (χ2v) is 5.68. The van der Waals surface area contributed by atoms with Crippen molar-refractivity contribution in [3.05, 3.63) is 28.8 Å². The molecule has 1 heterocycles. The Morgan fingerprint density at radius 2 is 2.10 bits per heavy atom. The van der Waals surface area contributed by atoms with Gasteiger partial charge in [0.2, 0.25) is 5.91 Å². The minimum atomic E-state index is 0. The molecule has 0 aromatic heterocycles. The molecule has 0 atom stereocenters. The first-order valence-electron chi connectivity index (χ1n) is 6.92. The third kappa shape index (κ3) is 5.31. The van der Waals surface area contributed by atoms with E-state index in [4.69, 9.17) is 11.6 Å². The van der Waals surface area contributed by atoms with E-state index in [0.29, 0.717) is 17.4 Å². The van der Waals surface area contributed by atoms with Gasteiger partial charge in [0.15, 0.2) is 0 Å². The Balaban J connectivity index is 0.00000200. The highest BCUT2D eigenvalue weighted by atomic mass is 35.5. The Morgan fingerprint density at radius 3 is 2.75 bits per heavy atom. The maximum absolute atomic E-state index is 11.9. The summed E-state index contributed by atoms with van der Waals surface area (Å²) < 4.78 is 0. The third-order valence-electron chi connectivity index (χ3n) is 3.70. The van der Waals surface area contributed by atoms with Crippen LogP contribution in [0.5, 0.6) is 0 Å². The number of carbonyl (C=O) groups is 1. The lowest BCUT2D eigenvalue weighted by Gasteiger charge is -2.22. The summed E-state index contributed by atoms with van der Waals surface area (Å²) in [5.74, 6) is 0.794. The summed E-state index contributed by atoms with van der Waals surface area (Å²) in [6, 6.07) is 5.53. The zero-order valence-corrected chi connectivity index (χ0v) is 13.3. The van der Waals surface area contributed by atoms with Crippen LogP contribution < -0.4 is 10.6 Å². The highest BCUT2D eigenvalue weighted by molar-refractivity contribution is 6.30. The number of hydrogen-bond donors (Lipinski definition) is 2. The maximum Gasteiger partial charge on any atom is 0.224 e. The summed E-state index contributed by atoms with van der Waals surface area (Å²) in [4.78, 5) is 11.9. The summed E-state index contributed by atoms with van der Waals surface area (Å²) in [5, 5.41) is 7.00. The number of rotatable bonds is 4. The molecule has 1 aromatic rings. The molecule has 1 aliphatic rings.